The van der Waals surface area contributed by atoms with Crippen LogP contribution in [0.25, 0.3) is 5.69 Å². The summed E-state index contributed by atoms with van der Waals surface area (Å²) in [6.07, 6.45) is 0.578. The number of thioether (sulfide) groups is 1. The van der Waals surface area contributed by atoms with Crippen molar-refractivity contribution >= 4 is 29.0 Å². The highest BCUT2D eigenvalue weighted by atomic mass is 32.2. The summed E-state index contributed by atoms with van der Waals surface area (Å²) in [5.41, 5.74) is 2.07. The fraction of sp³-hybridized carbons (Fsp3) is 0.160. The number of nitrogens with zero attached hydrogens (tertiary/aromatic N) is 4. The van der Waals surface area contributed by atoms with Crippen molar-refractivity contribution in [2.24, 2.45) is 0 Å². The molecule has 0 bridgehead atoms. The zero-order chi connectivity index (χ0) is 24.8. The van der Waals surface area contributed by atoms with E-state index in [1.165, 1.54) is 37.1 Å². The number of nitro benzene ring substituents is 1. The van der Waals surface area contributed by atoms with Crippen LogP contribution in [0.15, 0.2) is 84.0 Å². The third kappa shape index (κ3) is 5.67. The van der Waals surface area contributed by atoms with E-state index in [0.717, 1.165) is 17.1 Å². The van der Waals surface area contributed by atoms with Gasteiger partial charge in [0.2, 0.25) is 5.91 Å². The average Bonchev–Trinajstić information content (AvgIpc) is 3.26. The molecule has 0 saturated carbocycles. The van der Waals surface area contributed by atoms with Gasteiger partial charge in [0.25, 0.3) is 5.69 Å². The van der Waals surface area contributed by atoms with E-state index in [2.05, 4.69) is 15.5 Å². The molecule has 35 heavy (non-hydrogen) atoms. The summed E-state index contributed by atoms with van der Waals surface area (Å²) in [6, 6.07) is 23.7. The van der Waals surface area contributed by atoms with Gasteiger partial charge in [-0.15, -0.1) is 10.2 Å². The molecule has 1 heterocycles. The van der Waals surface area contributed by atoms with E-state index in [4.69, 9.17) is 4.74 Å². The number of rotatable bonds is 9. The molecule has 0 spiro atoms. The largest absolute Gasteiger partial charge is 0.495 e. The summed E-state index contributed by atoms with van der Waals surface area (Å²) in [4.78, 5) is 23.6. The number of anilines is 1. The molecule has 3 aromatic carbocycles. The normalized spacial score (nSPS) is 11.6. The Hall–Kier alpha value is -4.18. The summed E-state index contributed by atoms with van der Waals surface area (Å²) in [7, 11) is 1.44. The standard InChI is InChI=1S/C25H23N5O4S/c1-17(24(31)26-21-16-20(30(32)33)13-14-22(21)34-2)35-25-28-27-23(15-18-9-5-3-6-10-18)29(25)19-11-7-4-8-12-19/h3-14,16-17H,15H2,1-2H3,(H,26,31). The van der Waals surface area contributed by atoms with Gasteiger partial charge in [0, 0.05) is 24.2 Å². The van der Waals surface area contributed by atoms with Crippen LogP contribution in [0.2, 0.25) is 0 Å². The van der Waals surface area contributed by atoms with Gasteiger partial charge in [0.1, 0.15) is 11.6 Å². The monoisotopic (exact) mass is 489 g/mol. The van der Waals surface area contributed by atoms with Crippen molar-refractivity contribution in [3.63, 3.8) is 0 Å². The van der Waals surface area contributed by atoms with Gasteiger partial charge >= 0.3 is 0 Å². The molecule has 1 atom stereocenters. The number of nitro groups is 1. The van der Waals surface area contributed by atoms with Gasteiger partial charge in [-0.25, -0.2) is 0 Å². The number of hydrogen-bond acceptors (Lipinski definition) is 7. The maximum Gasteiger partial charge on any atom is 0.271 e. The molecule has 9 nitrogen and oxygen atoms in total. The second-order valence-electron chi connectivity index (χ2n) is 7.62. The third-order valence-electron chi connectivity index (χ3n) is 5.22. The fourth-order valence-corrected chi connectivity index (χ4v) is 4.35. The summed E-state index contributed by atoms with van der Waals surface area (Å²) in [5, 5.41) is 22.7. The minimum Gasteiger partial charge on any atom is -0.495 e. The second-order valence-corrected chi connectivity index (χ2v) is 8.93. The van der Waals surface area contributed by atoms with Crippen molar-refractivity contribution in [2.45, 2.75) is 23.8 Å². The number of aromatic nitrogens is 3. The molecule has 0 saturated heterocycles. The lowest BCUT2D eigenvalue weighted by Gasteiger charge is -2.15. The van der Waals surface area contributed by atoms with Gasteiger partial charge in [0.15, 0.2) is 5.16 Å². The van der Waals surface area contributed by atoms with Crippen molar-refractivity contribution in [2.75, 3.05) is 12.4 Å². The molecule has 4 aromatic rings. The van der Waals surface area contributed by atoms with Crippen molar-refractivity contribution in [1.29, 1.82) is 0 Å². The van der Waals surface area contributed by atoms with Crippen LogP contribution in [0.5, 0.6) is 5.75 Å². The Morgan fingerprint density at radius 3 is 2.43 bits per heavy atom. The predicted octanol–water partition coefficient (Wildman–Crippen LogP) is 4.89. The van der Waals surface area contributed by atoms with Crippen LogP contribution < -0.4 is 10.1 Å². The topological polar surface area (TPSA) is 112 Å². The van der Waals surface area contributed by atoms with Crippen LogP contribution >= 0.6 is 11.8 Å². The van der Waals surface area contributed by atoms with Crippen LogP contribution in [-0.4, -0.2) is 38.0 Å². The van der Waals surface area contributed by atoms with E-state index in [0.29, 0.717) is 17.3 Å². The van der Waals surface area contributed by atoms with Gasteiger partial charge in [-0.05, 0) is 30.7 Å². The third-order valence-corrected chi connectivity index (χ3v) is 6.27. The van der Waals surface area contributed by atoms with E-state index >= 15 is 0 Å². The average molecular weight is 490 g/mol. The first-order valence-corrected chi connectivity index (χ1v) is 11.7. The van der Waals surface area contributed by atoms with Crippen LogP contribution in [0, 0.1) is 10.1 Å². The van der Waals surface area contributed by atoms with Gasteiger partial charge in [-0.1, -0.05) is 60.3 Å². The van der Waals surface area contributed by atoms with E-state index < -0.39 is 10.2 Å². The van der Waals surface area contributed by atoms with Crippen molar-refractivity contribution in [3.05, 3.63) is 100 Å². The first kappa shape index (κ1) is 24.0. The van der Waals surface area contributed by atoms with Gasteiger partial charge < -0.3 is 10.1 Å². The van der Waals surface area contributed by atoms with Crippen LogP contribution in [0.4, 0.5) is 11.4 Å². The van der Waals surface area contributed by atoms with Crippen LogP contribution in [0.3, 0.4) is 0 Å². The number of non-ortho nitro benzene ring substituents is 1. The van der Waals surface area contributed by atoms with Crippen LogP contribution in [-0.2, 0) is 11.2 Å². The van der Waals surface area contributed by atoms with Gasteiger partial charge in [0.05, 0.1) is 23.0 Å². The Morgan fingerprint density at radius 2 is 1.77 bits per heavy atom. The maximum absolute atomic E-state index is 13.0. The number of benzene rings is 3. The number of carbonyl (C=O) groups excluding carboxylic acids is 1. The molecule has 0 aliphatic rings. The molecule has 1 amide bonds. The molecule has 1 N–H and O–H groups in total. The molecule has 0 fully saturated rings. The first-order chi connectivity index (χ1) is 17.0. The van der Waals surface area contributed by atoms with Crippen molar-refractivity contribution < 1.29 is 14.5 Å². The molecule has 0 aliphatic carbocycles. The van der Waals surface area contributed by atoms with Gasteiger partial charge in [-0.3, -0.25) is 19.5 Å². The molecule has 0 radical (unpaired) electrons. The number of amides is 1. The highest BCUT2D eigenvalue weighted by Gasteiger charge is 2.23. The molecule has 10 heteroatoms. The first-order valence-electron chi connectivity index (χ1n) is 10.8. The van der Waals surface area contributed by atoms with Crippen LogP contribution in [0.1, 0.15) is 18.3 Å². The molecular formula is C25H23N5O4S. The Morgan fingerprint density at radius 1 is 1.09 bits per heavy atom. The lowest BCUT2D eigenvalue weighted by molar-refractivity contribution is -0.384. The fourth-order valence-electron chi connectivity index (χ4n) is 3.46. The lowest BCUT2D eigenvalue weighted by Crippen LogP contribution is -2.23. The molecule has 178 valence electrons. The van der Waals surface area contributed by atoms with Gasteiger partial charge in [-0.2, -0.15) is 0 Å². The Labute approximate surface area is 206 Å². The Balaban J connectivity index is 1.58. The molecule has 1 aromatic heterocycles. The Bertz CT molecular complexity index is 1330. The number of nitrogens with one attached hydrogen (secondary N) is 1. The number of ether oxygens (including phenoxy) is 1. The van der Waals surface area contributed by atoms with Crippen molar-refractivity contribution in [1.82, 2.24) is 14.8 Å². The minimum absolute atomic E-state index is 0.143. The number of carbonyl (C=O) groups is 1. The maximum atomic E-state index is 13.0. The number of methoxy groups -OCH3 is 1. The quantitative estimate of drug-likeness (QED) is 0.202. The SMILES string of the molecule is COc1ccc([N+](=O)[O-])cc1NC(=O)C(C)Sc1nnc(Cc2ccccc2)n1-c1ccccc1. The molecule has 4 rings (SSSR count). The van der Waals surface area contributed by atoms with Crippen molar-refractivity contribution in [3.8, 4) is 11.4 Å². The second kappa shape index (κ2) is 10.8. The highest BCUT2D eigenvalue weighted by Crippen LogP contribution is 2.31. The smallest absolute Gasteiger partial charge is 0.271 e. The zero-order valence-electron chi connectivity index (χ0n) is 19.1. The Kier molecular flexibility index (Phi) is 7.41. The highest BCUT2D eigenvalue weighted by molar-refractivity contribution is 8.00. The number of para-hydroxylation sites is 1. The summed E-state index contributed by atoms with van der Waals surface area (Å²) in [6.45, 7) is 1.74. The summed E-state index contributed by atoms with van der Waals surface area (Å²) < 4.78 is 7.19. The lowest BCUT2D eigenvalue weighted by atomic mass is 10.1. The van der Waals surface area contributed by atoms with E-state index in [1.807, 2.05) is 65.2 Å². The molecular weight excluding hydrogens is 466 g/mol. The van der Waals surface area contributed by atoms with E-state index in [9.17, 15) is 14.9 Å². The molecule has 0 aliphatic heterocycles. The zero-order valence-corrected chi connectivity index (χ0v) is 19.9. The summed E-state index contributed by atoms with van der Waals surface area (Å²) >= 11 is 1.25. The van der Waals surface area contributed by atoms with E-state index in [-0.39, 0.29) is 17.3 Å². The van der Waals surface area contributed by atoms with E-state index in [1.54, 1.807) is 6.92 Å². The summed E-state index contributed by atoms with van der Waals surface area (Å²) in [5.74, 6) is 0.734. The predicted molar refractivity (Wildman–Crippen MR) is 134 cm³/mol. The minimum atomic E-state index is -0.574. The number of hydrogen-bond donors (Lipinski definition) is 1. The molecule has 1 unspecified atom stereocenters.